The summed E-state index contributed by atoms with van der Waals surface area (Å²) in [7, 11) is 0. The van der Waals surface area contributed by atoms with Gasteiger partial charge >= 0.3 is 5.69 Å². The molecule has 0 aliphatic carbocycles. The van der Waals surface area contributed by atoms with Crippen molar-refractivity contribution in [2.24, 2.45) is 0 Å². The topological polar surface area (TPSA) is 71.7 Å². The molecule has 5 rings (SSSR count). The molecule has 1 saturated heterocycles. The van der Waals surface area contributed by atoms with Crippen molar-refractivity contribution in [3.05, 3.63) is 70.7 Å². The maximum atomic E-state index is 13.6. The smallest absolute Gasteiger partial charge is 0.306 e. The van der Waals surface area contributed by atoms with Gasteiger partial charge in [0, 0.05) is 18.0 Å². The van der Waals surface area contributed by atoms with Crippen molar-refractivity contribution < 1.29 is 4.39 Å². The molecular formula is C25H29FN6OS. The van der Waals surface area contributed by atoms with Crippen LogP contribution in [0.2, 0.25) is 0 Å². The minimum Gasteiger partial charge on any atom is -0.306 e. The van der Waals surface area contributed by atoms with Gasteiger partial charge in [0.15, 0.2) is 11.0 Å². The standard InChI is InChI=1S/C25H29FN6OS/c1-18(30-14-5-2-6-15-30)23-28-29-25(32(23)20-12-10-19(26)11-13-20)34-17-7-16-31-22-9-4-3-8-21(22)27-24(31)33/h3-4,8-13,18H,2,5-7,14-17H2,1H3,(H,27,33)/t18-/m0/s1. The van der Waals surface area contributed by atoms with Crippen LogP contribution in [0.25, 0.3) is 16.7 Å². The van der Waals surface area contributed by atoms with E-state index in [0.29, 0.717) is 6.54 Å². The van der Waals surface area contributed by atoms with Crippen molar-refractivity contribution in [1.29, 1.82) is 0 Å². The Labute approximate surface area is 202 Å². The monoisotopic (exact) mass is 480 g/mol. The van der Waals surface area contributed by atoms with Crippen molar-refractivity contribution in [2.45, 2.75) is 50.4 Å². The molecule has 1 fully saturated rings. The van der Waals surface area contributed by atoms with Gasteiger partial charge < -0.3 is 4.98 Å². The van der Waals surface area contributed by atoms with E-state index in [1.54, 1.807) is 28.5 Å². The van der Waals surface area contributed by atoms with Gasteiger partial charge in [-0.05, 0) is 75.7 Å². The van der Waals surface area contributed by atoms with E-state index in [2.05, 4.69) is 31.6 Å². The number of nitrogens with one attached hydrogen (secondary N) is 1. The number of likely N-dealkylation sites (tertiary alicyclic amines) is 1. The lowest BCUT2D eigenvalue weighted by Gasteiger charge is -2.31. The number of fused-ring (bicyclic) bond motifs is 1. The first-order valence-corrected chi connectivity index (χ1v) is 12.9. The van der Waals surface area contributed by atoms with Crippen LogP contribution in [0.1, 0.15) is 44.5 Å². The van der Waals surface area contributed by atoms with Gasteiger partial charge in [-0.15, -0.1) is 10.2 Å². The lowest BCUT2D eigenvalue weighted by atomic mass is 10.1. The highest BCUT2D eigenvalue weighted by Crippen LogP contribution is 2.29. The summed E-state index contributed by atoms with van der Waals surface area (Å²) < 4.78 is 17.5. The van der Waals surface area contributed by atoms with Gasteiger partial charge in [-0.2, -0.15) is 0 Å². The Morgan fingerprint density at radius 2 is 1.82 bits per heavy atom. The number of piperidine rings is 1. The summed E-state index contributed by atoms with van der Waals surface area (Å²) in [5, 5.41) is 9.87. The van der Waals surface area contributed by atoms with Crippen LogP contribution < -0.4 is 5.69 Å². The van der Waals surface area contributed by atoms with Gasteiger partial charge in [0.1, 0.15) is 5.82 Å². The van der Waals surface area contributed by atoms with Crippen LogP contribution in [0.15, 0.2) is 58.5 Å². The van der Waals surface area contributed by atoms with Gasteiger partial charge in [0.25, 0.3) is 0 Å². The fourth-order valence-corrected chi connectivity index (χ4v) is 5.54. The lowest BCUT2D eigenvalue weighted by molar-refractivity contribution is 0.167. The SMILES string of the molecule is C[C@@H](c1nnc(SCCCn2c(=O)[nH]c3ccccc32)n1-c1ccc(F)cc1)N1CCCCC1. The van der Waals surface area contributed by atoms with Crippen LogP contribution in [0.4, 0.5) is 4.39 Å². The highest BCUT2D eigenvalue weighted by Gasteiger charge is 2.25. The molecular weight excluding hydrogens is 451 g/mol. The van der Waals surface area contributed by atoms with Crippen molar-refractivity contribution in [3.8, 4) is 5.69 Å². The highest BCUT2D eigenvalue weighted by molar-refractivity contribution is 7.99. The fourth-order valence-electron chi connectivity index (χ4n) is 4.66. The molecule has 178 valence electrons. The number of hydrogen-bond donors (Lipinski definition) is 1. The van der Waals surface area contributed by atoms with Crippen molar-refractivity contribution in [1.82, 2.24) is 29.2 Å². The zero-order chi connectivity index (χ0) is 23.5. The van der Waals surface area contributed by atoms with Crippen LogP contribution in [-0.4, -0.2) is 48.1 Å². The van der Waals surface area contributed by atoms with E-state index in [-0.39, 0.29) is 17.5 Å². The van der Waals surface area contributed by atoms with Crippen molar-refractivity contribution in [2.75, 3.05) is 18.8 Å². The summed E-state index contributed by atoms with van der Waals surface area (Å²) in [6.45, 7) is 4.91. The van der Waals surface area contributed by atoms with Gasteiger partial charge in [-0.3, -0.25) is 14.0 Å². The molecule has 7 nitrogen and oxygen atoms in total. The van der Waals surface area contributed by atoms with Gasteiger partial charge in [0.2, 0.25) is 0 Å². The molecule has 2 aromatic carbocycles. The summed E-state index contributed by atoms with van der Waals surface area (Å²) in [6, 6.07) is 14.4. The van der Waals surface area contributed by atoms with E-state index in [0.717, 1.165) is 53.0 Å². The Kier molecular flexibility index (Phi) is 6.82. The van der Waals surface area contributed by atoms with Gasteiger partial charge in [-0.25, -0.2) is 9.18 Å². The molecule has 4 aromatic rings. The largest absolute Gasteiger partial charge is 0.326 e. The Bertz CT molecular complexity index is 1310. The second-order valence-electron chi connectivity index (χ2n) is 8.73. The second-order valence-corrected chi connectivity index (χ2v) is 9.79. The predicted molar refractivity (Wildman–Crippen MR) is 133 cm³/mol. The first kappa shape index (κ1) is 22.9. The number of aromatic amines is 1. The van der Waals surface area contributed by atoms with Crippen molar-refractivity contribution >= 4 is 22.8 Å². The first-order chi connectivity index (χ1) is 16.6. The molecule has 3 heterocycles. The summed E-state index contributed by atoms with van der Waals surface area (Å²) in [4.78, 5) is 17.7. The van der Waals surface area contributed by atoms with Crippen LogP contribution in [0, 0.1) is 5.82 Å². The van der Waals surface area contributed by atoms with E-state index >= 15 is 0 Å². The minimum atomic E-state index is -0.263. The molecule has 1 N–H and O–H groups in total. The third-order valence-electron chi connectivity index (χ3n) is 6.49. The number of para-hydroxylation sites is 2. The minimum absolute atomic E-state index is 0.0849. The van der Waals surface area contributed by atoms with Crippen LogP contribution in [-0.2, 0) is 6.54 Å². The van der Waals surface area contributed by atoms with Crippen LogP contribution in [0.3, 0.4) is 0 Å². The van der Waals surface area contributed by atoms with Crippen LogP contribution in [0.5, 0.6) is 0 Å². The third-order valence-corrected chi connectivity index (χ3v) is 7.51. The fraction of sp³-hybridized carbons (Fsp3) is 0.400. The van der Waals surface area contributed by atoms with E-state index < -0.39 is 0 Å². The predicted octanol–water partition coefficient (Wildman–Crippen LogP) is 4.78. The van der Waals surface area contributed by atoms with E-state index in [9.17, 15) is 9.18 Å². The summed E-state index contributed by atoms with van der Waals surface area (Å²) in [6.07, 6.45) is 4.47. The number of aryl methyl sites for hydroxylation is 1. The molecule has 1 aliphatic heterocycles. The van der Waals surface area contributed by atoms with E-state index in [1.165, 1.54) is 31.4 Å². The number of hydrogen-bond acceptors (Lipinski definition) is 5. The highest BCUT2D eigenvalue weighted by atomic mass is 32.2. The van der Waals surface area contributed by atoms with Crippen LogP contribution >= 0.6 is 11.8 Å². The molecule has 0 spiro atoms. The Morgan fingerprint density at radius 1 is 1.06 bits per heavy atom. The molecule has 0 saturated carbocycles. The molecule has 2 aromatic heterocycles. The molecule has 9 heteroatoms. The molecule has 0 unspecified atom stereocenters. The Morgan fingerprint density at radius 3 is 2.62 bits per heavy atom. The van der Waals surface area contributed by atoms with Crippen molar-refractivity contribution in [3.63, 3.8) is 0 Å². The number of benzene rings is 2. The molecule has 34 heavy (non-hydrogen) atoms. The average molecular weight is 481 g/mol. The number of nitrogens with zero attached hydrogens (tertiary/aromatic N) is 5. The number of rotatable bonds is 8. The Balaban J connectivity index is 1.34. The number of halogens is 1. The molecule has 0 bridgehead atoms. The zero-order valence-corrected chi connectivity index (χ0v) is 20.1. The quantitative estimate of drug-likeness (QED) is 0.290. The average Bonchev–Trinajstić information content (AvgIpc) is 3.43. The molecule has 0 radical (unpaired) electrons. The maximum Gasteiger partial charge on any atom is 0.326 e. The normalized spacial score (nSPS) is 15.7. The summed E-state index contributed by atoms with van der Waals surface area (Å²) in [5.41, 5.74) is 2.55. The van der Waals surface area contributed by atoms with Gasteiger partial charge in [0.05, 0.1) is 17.1 Å². The lowest BCUT2D eigenvalue weighted by Crippen LogP contribution is -2.33. The summed E-state index contributed by atoms with van der Waals surface area (Å²) >= 11 is 1.62. The van der Waals surface area contributed by atoms with Gasteiger partial charge in [-0.1, -0.05) is 30.3 Å². The number of H-pyrrole nitrogens is 1. The number of imidazole rings is 1. The Hall–Kier alpha value is -2.91. The van der Waals surface area contributed by atoms with E-state index in [1.807, 2.05) is 24.3 Å². The van der Waals surface area contributed by atoms with E-state index in [4.69, 9.17) is 0 Å². The maximum absolute atomic E-state index is 13.6. The zero-order valence-electron chi connectivity index (χ0n) is 19.3. The number of aromatic nitrogens is 5. The molecule has 1 aliphatic rings. The molecule has 1 atom stereocenters. The first-order valence-electron chi connectivity index (χ1n) is 11.9. The second kappa shape index (κ2) is 10.1. The summed E-state index contributed by atoms with van der Waals surface area (Å²) in [5.74, 6) is 1.40. The number of thioether (sulfide) groups is 1. The third kappa shape index (κ3) is 4.67. The molecule has 0 amide bonds.